The van der Waals surface area contributed by atoms with Gasteiger partial charge in [0, 0.05) is 14.5 Å². The van der Waals surface area contributed by atoms with E-state index in [2.05, 4.69) is 13.8 Å². The second kappa shape index (κ2) is 5.64. The van der Waals surface area contributed by atoms with Gasteiger partial charge in [0.1, 0.15) is 0 Å². The van der Waals surface area contributed by atoms with Crippen LogP contribution < -0.4 is 0 Å². The van der Waals surface area contributed by atoms with Crippen LogP contribution in [-0.4, -0.2) is 14.5 Å². The lowest BCUT2D eigenvalue weighted by atomic mass is 10.4. The van der Waals surface area contributed by atoms with E-state index < -0.39 is 0 Å². The van der Waals surface area contributed by atoms with Crippen LogP contribution in [0.2, 0.25) is 6.04 Å². The first-order valence-corrected chi connectivity index (χ1v) is 5.66. The van der Waals surface area contributed by atoms with Crippen LogP contribution >= 0.6 is 11.6 Å². The van der Waals surface area contributed by atoms with Crippen LogP contribution in [0, 0.1) is 0 Å². The van der Waals surface area contributed by atoms with Gasteiger partial charge in [-0.3, -0.25) is 0 Å². The minimum absolute atomic E-state index is 0.101. The highest BCUT2D eigenvalue weighted by Crippen LogP contribution is 1.99. The highest BCUT2D eigenvalue weighted by molar-refractivity contribution is 6.52. The van der Waals surface area contributed by atoms with Crippen LogP contribution in [0.1, 0.15) is 26.7 Å². The summed E-state index contributed by atoms with van der Waals surface area (Å²) in [6, 6.07) is 1.43. The van der Waals surface area contributed by atoms with Crippen molar-refractivity contribution in [1.29, 1.82) is 0 Å². The fourth-order valence-electron chi connectivity index (χ4n) is 0.676. The smallest absolute Gasteiger partial charge is 0.0414 e. The van der Waals surface area contributed by atoms with Gasteiger partial charge in [0.05, 0.1) is 0 Å². The minimum Gasteiger partial charge on any atom is -0.128 e. The van der Waals surface area contributed by atoms with Crippen LogP contribution in [0.15, 0.2) is 0 Å². The summed E-state index contributed by atoms with van der Waals surface area (Å²) >= 11 is 5.78. The van der Waals surface area contributed by atoms with Crippen LogP contribution in [0.5, 0.6) is 0 Å². The Balaban J connectivity index is 2.72. The number of hydrogen-bond donors (Lipinski definition) is 0. The van der Waals surface area contributed by atoms with Gasteiger partial charge in [-0.1, -0.05) is 32.7 Å². The van der Waals surface area contributed by atoms with Gasteiger partial charge in [-0.25, -0.2) is 0 Å². The van der Waals surface area contributed by atoms with E-state index in [0.29, 0.717) is 5.00 Å². The third kappa shape index (κ3) is 6.51. The van der Waals surface area contributed by atoms with Crippen molar-refractivity contribution in [2.24, 2.45) is 0 Å². The fourth-order valence-corrected chi connectivity index (χ4v) is 2.49. The molecule has 0 aromatic carbocycles. The van der Waals surface area contributed by atoms with Gasteiger partial charge in [0.15, 0.2) is 0 Å². The predicted octanol–water partition coefficient (Wildman–Crippen LogP) is 1.96. The Hall–Kier alpha value is 0.507. The molecule has 0 aliphatic heterocycles. The van der Waals surface area contributed by atoms with Crippen molar-refractivity contribution in [3.63, 3.8) is 0 Å². The maximum atomic E-state index is 5.78. The number of halogens is 1. The summed E-state index contributed by atoms with van der Waals surface area (Å²) in [5.74, 6) is 0. The molecule has 0 N–H and O–H groups in total. The first-order chi connectivity index (χ1) is 3.77. The van der Waals surface area contributed by atoms with Crippen molar-refractivity contribution in [3.05, 3.63) is 0 Å². The molecular weight excluding hydrogens is 136 g/mol. The zero-order valence-corrected chi connectivity index (χ0v) is 7.95. The zero-order valence-electron chi connectivity index (χ0n) is 5.78. The third-order valence-electron chi connectivity index (χ3n) is 1.21. The second-order valence-corrected chi connectivity index (χ2v) is 6.05. The van der Waals surface area contributed by atoms with Crippen molar-refractivity contribution in [2.45, 2.75) is 37.7 Å². The molecule has 0 aromatic heterocycles. The second-order valence-electron chi connectivity index (χ2n) is 2.28. The average molecular weight is 151 g/mol. The maximum absolute atomic E-state index is 5.78. The van der Waals surface area contributed by atoms with Gasteiger partial charge in [0.2, 0.25) is 0 Å². The van der Waals surface area contributed by atoms with E-state index in [-0.39, 0.29) is 9.52 Å². The molecule has 0 spiro atoms. The highest BCUT2D eigenvalue weighted by atomic mass is 35.5. The minimum atomic E-state index is 0.101. The first kappa shape index (κ1) is 8.51. The Morgan fingerprint density at radius 3 is 2.62 bits per heavy atom. The van der Waals surface area contributed by atoms with Crippen molar-refractivity contribution in [2.75, 3.05) is 0 Å². The molecule has 0 aromatic rings. The van der Waals surface area contributed by atoms with E-state index in [4.69, 9.17) is 11.6 Å². The third-order valence-corrected chi connectivity index (χ3v) is 3.56. The van der Waals surface area contributed by atoms with Crippen LogP contribution in [0.3, 0.4) is 0 Å². The molecule has 0 rings (SSSR count). The molecule has 0 radical (unpaired) electrons. The standard InChI is InChI=1S/C6H15ClSi/c1-3-4-5-8-6(2)7/h6H,3-5,8H2,1-2H3. The Kier molecular flexibility index (Phi) is 6.00. The van der Waals surface area contributed by atoms with Crippen molar-refractivity contribution in [1.82, 2.24) is 0 Å². The summed E-state index contributed by atoms with van der Waals surface area (Å²) < 4.78 is 0. The normalized spacial score (nSPS) is 15.4. The molecule has 0 bridgehead atoms. The largest absolute Gasteiger partial charge is 0.128 e. The lowest BCUT2D eigenvalue weighted by Crippen LogP contribution is -2.02. The van der Waals surface area contributed by atoms with E-state index in [0.717, 1.165) is 0 Å². The number of unbranched alkanes of at least 4 members (excludes halogenated alkanes) is 1. The van der Waals surface area contributed by atoms with Crippen LogP contribution in [-0.2, 0) is 0 Å². The summed E-state index contributed by atoms with van der Waals surface area (Å²) in [5, 5.41) is 0.515. The summed E-state index contributed by atoms with van der Waals surface area (Å²) in [4.78, 5) is 0. The predicted molar refractivity (Wildman–Crippen MR) is 43.6 cm³/mol. The van der Waals surface area contributed by atoms with Crippen molar-refractivity contribution >= 4 is 21.1 Å². The van der Waals surface area contributed by atoms with E-state index in [1.54, 1.807) is 0 Å². The Morgan fingerprint density at radius 1 is 1.62 bits per heavy atom. The molecule has 1 unspecified atom stereocenters. The SMILES string of the molecule is CCCC[SiH2]C(C)Cl. The van der Waals surface area contributed by atoms with E-state index in [9.17, 15) is 0 Å². The summed E-state index contributed by atoms with van der Waals surface area (Å²) in [5.41, 5.74) is 0. The number of hydrogen-bond acceptors (Lipinski definition) is 0. The average Bonchev–Trinajstić information content (AvgIpc) is 1.66. The van der Waals surface area contributed by atoms with Crippen molar-refractivity contribution in [3.8, 4) is 0 Å². The lowest BCUT2D eigenvalue weighted by Gasteiger charge is -1.97. The quantitative estimate of drug-likeness (QED) is 0.327. The maximum Gasteiger partial charge on any atom is 0.0414 e. The molecular formula is C6H15ClSi. The van der Waals surface area contributed by atoms with Crippen molar-refractivity contribution < 1.29 is 0 Å². The van der Waals surface area contributed by atoms with Gasteiger partial charge >= 0.3 is 0 Å². The van der Waals surface area contributed by atoms with Crippen LogP contribution in [0.4, 0.5) is 0 Å². The number of rotatable bonds is 4. The molecule has 0 heterocycles. The molecule has 1 atom stereocenters. The monoisotopic (exact) mass is 150 g/mol. The van der Waals surface area contributed by atoms with E-state index >= 15 is 0 Å². The van der Waals surface area contributed by atoms with E-state index in [1.165, 1.54) is 18.9 Å². The topological polar surface area (TPSA) is 0 Å². The molecule has 0 nitrogen and oxygen atoms in total. The first-order valence-electron chi connectivity index (χ1n) is 3.41. The molecule has 0 aliphatic carbocycles. The summed E-state index contributed by atoms with van der Waals surface area (Å²) in [7, 11) is 0.101. The number of alkyl halides is 1. The molecule has 0 saturated heterocycles. The van der Waals surface area contributed by atoms with Gasteiger partial charge in [-0.05, 0) is 0 Å². The molecule has 0 amide bonds. The molecule has 0 saturated carbocycles. The molecule has 50 valence electrons. The Bertz CT molecular complexity index is 45.8. The van der Waals surface area contributed by atoms with Crippen LogP contribution in [0.25, 0.3) is 0 Å². The van der Waals surface area contributed by atoms with Gasteiger partial charge < -0.3 is 0 Å². The van der Waals surface area contributed by atoms with E-state index in [1.807, 2.05) is 0 Å². The Morgan fingerprint density at radius 2 is 2.25 bits per heavy atom. The Labute approximate surface area is 59.4 Å². The highest BCUT2D eigenvalue weighted by Gasteiger charge is 1.94. The summed E-state index contributed by atoms with van der Waals surface area (Å²) in [6.45, 7) is 4.34. The fraction of sp³-hybridized carbons (Fsp3) is 1.00. The zero-order chi connectivity index (χ0) is 6.41. The van der Waals surface area contributed by atoms with Gasteiger partial charge in [-0.15, -0.1) is 11.6 Å². The van der Waals surface area contributed by atoms with Gasteiger partial charge in [0.25, 0.3) is 0 Å². The molecule has 0 aliphatic rings. The van der Waals surface area contributed by atoms with Gasteiger partial charge in [-0.2, -0.15) is 0 Å². The summed E-state index contributed by atoms with van der Waals surface area (Å²) in [6.07, 6.45) is 2.72. The molecule has 8 heavy (non-hydrogen) atoms. The molecule has 2 heteroatoms. The lowest BCUT2D eigenvalue weighted by molar-refractivity contribution is 0.876. The molecule has 0 fully saturated rings.